The lowest BCUT2D eigenvalue weighted by Crippen LogP contribution is -2.15. The van der Waals surface area contributed by atoms with Gasteiger partial charge in [0.05, 0.1) is 11.4 Å². The highest BCUT2D eigenvalue weighted by Crippen LogP contribution is 2.26. The van der Waals surface area contributed by atoms with Crippen molar-refractivity contribution in [2.45, 2.75) is 31.7 Å². The van der Waals surface area contributed by atoms with Gasteiger partial charge in [0, 0.05) is 27.9 Å². The second-order valence-corrected chi connectivity index (χ2v) is 8.77. The molecule has 0 saturated heterocycles. The Hall–Kier alpha value is -3.30. The Morgan fingerprint density at radius 1 is 1.09 bits per heavy atom. The number of thioether (sulfide) groups is 1. The van der Waals surface area contributed by atoms with Crippen LogP contribution < -0.4 is 5.32 Å². The molecule has 1 amide bonds. The third kappa shape index (κ3) is 5.37. The zero-order valence-electron chi connectivity index (χ0n) is 18.1. The van der Waals surface area contributed by atoms with Crippen LogP contribution in [0.1, 0.15) is 33.1 Å². The number of rotatable bonds is 6. The Balaban J connectivity index is 1.70. The van der Waals surface area contributed by atoms with Gasteiger partial charge in [-0.05, 0) is 62.7 Å². The minimum atomic E-state index is -0.498. The van der Waals surface area contributed by atoms with Gasteiger partial charge in [-0.2, -0.15) is 0 Å². The molecule has 33 heavy (non-hydrogen) atoms. The summed E-state index contributed by atoms with van der Waals surface area (Å²) in [7, 11) is 0. The Morgan fingerprint density at radius 2 is 1.85 bits per heavy atom. The number of nitrogens with zero attached hydrogens (tertiary/aromatic N) is 5. The number of hydrogen-bond acceptors (Lipinski definition) is 6. The standard InChI is InChI=1S/C23H20ClFN6OS/c1-13-7-8-18(11-19(13)24)31-20(12-33-23-26-14(2)9-15(3)27-23)21(29-30-31)22(32)28-17-6-4-5-16(25)10-17/h4-11H,12H2,1-3H3,(H,28,32). The van der Waals surface area contributed by atoms with Crippen molar-refractivity contribution in [3.63, 3.8) is 0 Å². The number of carbonyl (C=O) groups excluding carboxylic acids is 1. The SMILES string of the molecule is Cc1cc(C)nc(SCc2c(C(=O)Nc3cccc(F)c3)nnn2-c2ccc(C)c(Cl)c2)n1. The summed E-state index contributed by atoms with van der Waals surface area (Å²) in [6.07, 6.45) is 0. The molecule has 0 fully saturated rings. The molecule has 0 bridgehead atoms. The Labute approximate surface area is 199 Å². The van der Waals surface area contributed by atoms with E-state index >= 15 is 0 Å². The van der Waals surface area contributed by atoms with E-state index in [0.29, 0.717) is 33.0 Å². The van der Waals surface area contributed by atoms with Gasteiger partial charge in [-0.1, -0.05) is 40.7 Å². The summed E-state index contributed by atoms with van der Waals surface area (Å²) in [6, 6.07) is 13.0. The third-order valence-electron chi connectivity index (χ3n) is 4.76. The van der Waals surface area contributed by atoms with Crippen LogP contribution in [0, 0.1) is 26.6 Å². The number of hydrogen-bond donors (Lipinski definition) is 1. The van der Waals surface area contributed by atoms with Crippen LogP contribution in [0.4, 0.5) is 10.1 Å². The van der Waals surface area contributed by atoms with Gasteiger partial charge in [-0.25, -0.2) is 19.0 Å². The van der Waals surface area contributed by atoms with Crippen LogP contribution in [0.15, 0.2) is 53.7 Å². The lowest BCUT2D eigenvalue weighted by Gasteiger charge is -2.10. The lowest BCUT2D eigenvalue weighted by atomic mass is 10.2. The average Bonchev–Trinajstić information content (AvgIpc) is 3.17. The van der Waals surface area contributed by atoms with E-state index in [0.717, 1.165) is 17.0 Å². The maximum atomic E-state index is 13.6. The second-order valence-electron chi connectivity index (χ2n) is 7.42. The number of benzene rings is 2. The molecule has 2 aromatic carbocycles. The van der Waals surface area contributed by atoms with Gasteiger partial charge in [0.25, 0.3) is 5.91 Å². The van der Waals surface area contributed by atoms with E-state index in [4.69, 9.17) is 11.6 Å². The molecule has 0 aliphatic heterocycles. The zero-order chi connectivity index (χ0) is 23.5. The Kier molecular flexibility index (Phi) is 6.71. The minimum Gasteiger partial charge on any atom is -0.320 e. The van der Waals surface area contributed by atoms with Crippen LogP contribution in [-0.2, 0) is 5.75 Å². The number of nitrogens with one attached hydrogen (secondary N) is 1. The summed E-state index contributed by atoms with van der Waals surface area (Å²) in [6.45, 7) is 5.70. The summed E-state index contributed by atoms with van der Waals surface area (Å²) < 4.78 is 15.1. The summed E-state index contributed by atoms with van der Waals surface area (Å²) in [5.41, 5.74) is 4.27. The van der Waals surface area contributed by atoms with Crippen LogP contribution in [0.5, 0.6) is 0 Å². The maximum absolute atomic E-state index is 13.6. The van der Waals surface area contributed by atoms with E-state index in [1.54, 1.807) is 16.8 Å². The van der Waals surface area contributed by atoms with E-state index in [1.807, 2.05) is 39.0 Å². The lowest BCUT2D eigenvalue weighted by molar-refractivity contribution is 0.102. The number of aryl methyl sites for hydroxylation is 3. The Morgan fingerprint density at radius 3 is 2.55 bits per heavy atom. The number of amides is 1. The van der Waals surface area contributed by atoms with Crippen molar-refractivity contribution in [3.05, 3.63) is 87.7 Å². The molecule has 0 radical (unpaired) electrons. The summed E-state index contributed by atoms with van der Waals surface area (Å²) in [5, 5.41) is 12.2. The molecule has 10 heteroatoms. The predicted molar refractivity (Wildman–Crippen MR) is 127 cm³/mol. The predicted octanol–water partition coefficient (Wildman–Crippen LogP) is 5.32. The van der Waals surface area contributed by atoms with Crippen LogP contribution in [0.3, 0.4) is 0 Å². The number of halogens is 2. The van der Waals surface area contributed by atoms with E-state index in [9.17, 15) is 9.18 Å². The van der Waals surface area contributed by atoms with E-state index in [1.165, 1.54) is 30.0 Å². The molecule has 0 atom stereocenters. The van der Waals surface area contributed by atoms with Crippen LogP contribution in [0.25, 0.3) is 5.69 Å². The first-order valence-electron chi connectivity index (χ1n) is 10.0. The first-order chi connectivity index (χ1) is 15.8. The molecule has 2 heterocycles. The molecule has 4 aromatic rings. The zero-order valence-corrected chi connectivity index (χ0v) is 19.7. The highest BCUT2D eigenvalue weighted by molar-refractivity contribution is 7.98. The minimum absolute atomic E-state index is 0.118. The van der Waals surface area contributed by atoms with E-state index < -0.39 is 11.7 Å². The molecule has 168 valence electrons. The smallest absolute Gasteiger partial charge is 0.278 e. The first-order valence-corrected chi connectivity index (χ1v) is 11.4. The summed E-state index contributed by atoms with van der Waals surface area (Å²) >= 11 is 7.68. The topological polar surface area (TPSA) is 85.6 Å². The molecular weight excluding hydrogens is 463 g/mol. The molecular formula is C23H20ClFN6OS. The first kappa shape index (κ1) is 22.9. The van der Waals surface area contributed by atoms with Crippen molar-refractivity contribution in [1.82, 2.24) is 25.0 Å². The summed E-state index contributed by atoms with van der Waals surface area (Å²) in [5.74, 6) is -0.622. The fourth-order valence-corrected chi connectivity index (χ4v) is 4.29. The van der Waals surface area contributed by atoms with Crippen molar-refractivity contribution < 1.29 is 9.18 Å². The van der Waals surface area contributed by atoms with Gasteiger partial charge < -0.3 is 5.32 Å². The summed E-state index contributed by atoms with van der Waals surface area (Å²) in [4.78, 5) is 21.9. The third-order valence-corrected chi connectivity index (χ3v) is 6.03. The molecule has 2 aromatic heterocycles. The number of carbonyl (C=O) groups is 1. The van der Waals surface area contributed by atoms with Crippen molar-refractivity contribution >= 4 is 35.0 Å². The van der Waals surface area contributed by atoms with Gasteiger partial charge in [-0.15, -0.1) is 5.10 Å². The number of aromatic nitrogens is 5. The molecule has 0 aliphatic rings. The highest BCUT2D eigenvalue weighted by Gasteiger charge is 2.22. The molecule has 0 aliphatic carbocycles. The molecule has 1 N–H and O–H groups in total. The van der Waals surface area contributed by atoms with Crippen LogP contribution in [-0.4, -0.2) is 30.9 Å². The van der Waals surface area contributed by atoms with Gasteiger partial charge >= 0.3 is 0 Å². The monoisotopic (exact) mass is 482 g/mol. The molecule has 0 unspecified atom stereocenters. The average molecular weight is 483 g/mol. The molecule has 4 rings (SSSR count). The van der Waals surface area contributed by atoms with Gasteiger partial charge in [0.15, 0.2) is 10.9 Å². The fourth-order valence-electron chi connectivity index (χ4n) is 3.18. The number of anilines is 1. The normalized spacial score (nSPS) is 10.9. The van der Waals surface area contributed by atoms with Crippen LogP contribution in [0.2, 0.25) is 5.02 Å². The van der Waals surface area contributed by atoms with E-state index in [2.05, 4.69) is 25.6 Å². The highest BCUT2D eigenvalue weighted by atomic mass is 35.5. The van der Waals surface area contributed by atoms with Gasteiger partial charge in [0.1, 0.15) is 5.82 Å². The van der Waals surface area contributed by atoms with Gasteiger partial charge in [-0.3, -0.25) is 4.79 Å². The maximum Gasteiger partial charge on any atom is 0.278 e. The molecule has 0 spiro atoms. The van der Waals surface area contributed by atoms with Crippen molar-refractivity contribution in [1.29, 1.82) is 0 Å². The molecule has 7 nitrogen and oxygen atoms in total. The molecule has 0 saturated carbocycles. The van der Waals surface area contributed by atoms with Crippen molar-refractivity contribution in [2.24, 2.45) is 0 Å². The van der Waals surface area contributed by atoms with Crippen molar-refractivity contribution in [2.75, 3.05) is 5.32 Å². The van der Waals surface area contributed by atoms with Crippen molar-refractivity contribution in [3.8, 4) is 5.69 Å². The Bertz CT molecular complexity index is 1320. The van der Waals surface area contributed by atoms with Crippen LogP contribution >= 0.6 is 23.4 Å². The second kappa shape index (κ2) is 9.68. The largest absolute Gasteiger partial charge is 0.320 e. The van der Waals surface area contributed by atoms with Gasteiger partial charge in [0.2, 0.25) is 0 Å². The van der Waals surface area contributed by atoms with E-state index in [-0.39, 0.29) is 5.69 Å². The quantitative estimate of drug-likeness (QED) is 0.295. The fraction of sp³-hybridized carbons (Fsp3) is 0.174.